The zero-order chi connectivity index (χ0) is 23.4. The molecule has 0 radical (unpaired) electrons. The number of allylic oxidation sites excluding steroid dienone is 1. The maximum atomic E-state index is 13.3. The summed E-state index contributed by atoms with van der Waals surface area (Å²) in [6, 6.07) is 8.33. The minimum atomic E-state index is -0.322. The number of carbonyl (C=O) groups is 1. The average Bonchev–Trinajstić information content (AvgIpc) is 3.38. The number of halogens is 1. The predicted molar refractivity (Wildman–Crippen MR) is 130 cm³/mol. The van der Waals surface area contributed by atoms with Crippen LogP contribution in [0.2, 0.25) is 0 Å². The van der Waals surface area contributed by atoms with Crippen molar-refractivity contribution in [3.8, 4) is 17.5 Å². The number of fused-ring (bicyclic) bond motifs is 1. The van der Waals surface area contributed by atoms with Crippen LogP contribution in [0.5, 0.6) is 0 Å². The molecule has 1 atom stereocenters. The molecule has 0 fully saturated rings. The fourth-order valence-electron chi connectivity index (χ4n) is 4.00. The highest BCUT2D eigenvalue weighted by Crippen LogP contribution is 2.40. The van der Waals surface area contributed by atoms with Crippen molar-refractivity contribution in [3.63, 3.8) is 0 Å². The molecule has 1 aromatic carbocycles. The first-order valence-electron chi connectivity index (χ1n) is 10.8. The van der Waals surface area contributed by atoms with E-state index in [1.165, 1.54) is 40.1 Å². The Morgan fingerprint density at radius 2 is 2.21 bits per heavy atom. The van der Waals surface area contributed by atoms with E-state index >= 15 is 0 Å². The van der Waals surface area contributed by atoms with Gasteiger partial charge >= 0.3 is 0 Å². The van der Waals surface area contributed by atoms with E-state index in [2.05, 4.69) is 35.1 Å². The molecule has 3 aromatic rings. The number of thiophene rings is 1. The molecule has 1 N–H and O–H groups in total. The molecular formula is C24H24FN5OS2. The van der Waals surface area contributed by atoms with Crippen LogP contribution in [0.4, 0.5) is 9.39 Å². The minimum absolute atomic E-state index is 0.129. The van der Waals surface area contributed by atoms with E-state index in [4.69, 9.17) is 0 Å². The molecule has 1 aliphatic carbocycles. The zero-order valence-electron chi connectivity index (χ0n) is 18.3. The summed E-state index contributed by atoms with van der Waals surface area (Å²) in [5.74, 6) is 0.842. The molecule has 33 heavy (non-hydrogen) atoms. The number of anilines is 1. The molecule has 1 unspecified atom stereocenters. The SMILES string of the molecule is C=CCn1c(SCC(=O)Nc2sc3c(c2C#N)CCC(CC)C3)nnc1-c1ccc(F)cc1. The van der Waals surface area contributed by atoms with E-state index in [9.17, 15) is 14.4 Å². The van der Waals surface area contributed by atoms with Gasteiger partial charge in [0.2, 0.25) is 5.91 Å². The first-order valence-corrected chi connectivity index (χ1v) is 12.6. The van der Waals surface area contributed by atoms with Gasteiger partial charge in [0.25, 0.3) is 0 Å². The van der Waals surface area contributed by atoms with Gasteiger partial charge in [-0.1, -0.05) is 31.2 Å². The highest BCUT2D eigenvalue weighted by atomic mass is 32.2. The van der Waals surface area contributed by atoms with Crippen LogP contribution >= 0.6 is 23.1 Å². The summed E-state index contributed by atoms with van der Waals surface area (Å²) in [6.07, 6.45) is 5.82. The van der Waals surface area contributed by atoms with Crippen molar-refractivity contribution in [2.75, 3.05) is 11.1 Å². The number of benzene rings is 1. The first-order chi connectivity index (χ1) is 16.0. The predicted octanol–water partition coefficient (Wildman–Crippen LogP) is 5.45. The third kappa shape index (κ3) is 5.02. The van der Waals surface area contributed by atoms with Gasteiger partial charge in [0, 0.05) is 17.0 Å². The number of amides is 1. The number of nitrogens with zero attached hydrogens (tertiary/aromatic N) is 4. The van der Waals surface area contributed by atoms with E-state index in [1.54, 1.807) is 18.2 Å². The van der Waals surface area contributed by atoms with Gasteiger partial charge in [-0.2, -0.15) is 5.26 Å². The molecule has 0 spiro atoms. The van der Waals surface area contributed by atoms with Gasteiger partial charge in [-0.3, -0.25) is 9.36 Å². The Labute approximate surface area is 200 Å². The number of nitrogens with one attached hydrogen (secondary N) is 1. The fraction of sp³-hybridized carbons (Fsp3) is 0.333. The van der Waals surface area contributed by atoms with E-state index in [0.29, 0.717) is 34.0 Å². The molecule has 1 amide bonds. The van der Waals surface area contributed by atoms with Crippen LogP contribution in [0.3, 0.4) is 0 Å². The summed E-state index contributed by atoms with van der Waals surface area (Å²) in [7, 11) is 0. The normalized spacial score (nSPS) is 15.0. The summed E-state index contributed by atoms with van der Waals surface area (Å²) < 4.78 is 15.1. The standard InChI is InChI=1S/C24H24FN5OS2/c1-3-11-30-22(16-6-8-17(25)9-7-16)28-29-24(30)32-14-21(31)27-23-19(13-26)18-10-5-15(4-2)12-20(18)33-23/h3,6-9,15H,1,4-5,10-12,14H2,2H3,(H,27,31). The van der Waals surface area contributed by atoms with Gasteiger partial charge in [-0.05, 0) is 55.0 Å². The number of rotatable bonds is 8. The monoisotopic (exact) mass is 481 g/mol. The summed E-state index contributed by atoms with van der Waals surface area (Å²) in [4.78, 5) is 13.9. The van der Waals surface area contributed by atoms with Crippen LogP contribution < -0.4 is 5.32 Å². The summed E-state index contributed by atoms with van der Waals surface area (Å²) >= 11 is 2.79. The van der Waals surface area contributed by atoms with Gasteiger partial charge in [0.05, 0.1) is 11.3 Å². The Bertz CT molecular complexity index is 1210. The highest BCUT2D eigenvalue weighted by Gasteiger charge is 2.26. The van der Waals surface area contributed by atoms with Crippen LogP contribution in [0.1, 0.15) is 35.8 Å². The van der Waals surface area contributed by atoms with Gasteiger partial charge < -0.3 is 5.32 Å². The molecule has 0 bridgehead atoms. The lowest BCUT2D eigenvalue weighted by atomic mass is 9.86. The third-order valence-electron chi connectivity index (χ3n) is 5.77. The Hall–Kier alpha value is -2.96. The number of carbonyl (C=O) groups excluding carboxylic acids is 1. The number of nitriles is 1. The molecule has 2 aromatic heterocycles. The third-order valence-corrected chi connectivity index (χ3v) is 7.91. The summed E-state index contributed by atoms with van der Waals surface area (Å²) in [5, 5.41) is 22.3. The van der Waals surface area contributed by atoms with Crippen molar-refractivity contribution in [3.05, 3.63) is 58.7 Å². The lowest BCUT2D eigenvalue weighted by molar-refractivity contribution is -0.113. The number of hydrogen-bond acceptors (Lipinski definition) is 6. The smallest absolute Gasteiger partial charge is 0.235 e. The van der Waals surface area contributed by atoms with Crippen LogP contribution in [0.25, 0.3) is 11.4 Å². The second-order valence-corrected chi connectivity index (χ2v) is 9.93. The lowest BCUT2D eigenvalue weighted by Gasteiger charge is -2.20. The van der Waals surface area contributed by atoms with E-state index in [0.717, 1.165) is 36.8 Å². The molecular weight excluding hydrogens is 457 g/mol. The Balaban J connectivity index is 1.47. The van der Waals surface area contributed by atoms with Gasteiger partial charge in [0.15, 0.2) is 11.0 Å². The van der Waals surface area contributed by atoms with Crippen molar-refractivity contribution in [2.45, 2.75) is 44.3 Å². The Kier molecular flexibility index (Phi) is 7.26. The van der Waals surface area contributed by atoms with Gasteiger partial charge in [-0.25, -0.2) is 4.39 Å². The molecule has 2 heterocycles. The molecule has 6 nitrogen and oxygen atoms in total. The quantitative estimate of drug-likeness (QED) is 0.342. The number of hydrogen-bond donors (Lipinski definition) is 1. The van der Waals surface area contributed by atoms with Crippen LogP contribution in [0, 0.1) is 23.1 Å². The molecule has 0 aliphatic heterocycles. The Morgan fingerprint density at radius 1 is 1.42 bits per heavy atom. The topological polar surface area (TPSA) is 83.6 Å². The molecule has 1 aliphatic rings. The van der Waals surface area contributed by atoms with Crippen molar-refractivity contribution in [1.29, 1.82) is 5.26 Å². The highest BCUT2D eigenvalue weighted by molar-refractivity contribution is 7.99. The summed E-state index contributed by atoms with van der Waals surface area (Å²) in [5.41, 5.74) is 2.44. The van der Waals surface area contributed by atoms with Crippen LogP contribution in [0.15, 0.2) is 42.1 Å². The maximum absolute atomic E-state index is 13.3. The minimum Gasteiger partial charge on any atom is -0.316 e. The van der Waals surface area contributed by atoms with E-state index in [-0.39, 0.29) is 17.5 Å². The largest absolute Gasteiger partial charge is 0.316 e. The molecule has 9 heteroatoms. The van der Waals surface area contributed by atoms with Crippen LogP contribution in [-0.2, 0) is 24.2 Å². The molecule has 4 rings (SSSR count). The second kappa shape index (κ2) is 10.3. The second-order valence-electron chi connectivity index (χ2n) is 7.89. The zero-order valence-corrected chi connectivity index (χ0v) is 19.9. The summed E-state index contributed by atoms with van der Waals surface area (Å²) in [6.45, 7) is 6.44. The van der Waals surface area contributed by atoms with Gasteiger partial charge in [-0.15, -0.1) is 28.1 Å². The van der Waals surface area contributed by atoms with Crippen molar-refractivity contribution in [1.82, 2.24) is 14.8 Å². The maximum Gasteiger partial charge on any atom is 0.235 e. The number of aromatic nitrogens is 3. The van der Waals surface area contributed by atoms with Crippen molar-refractivity contribution >= 4 is 34.0 Å². The van der Waals surface area contributed by atoms with E-state index < -0.39 is 0 Å². The van der Waals surface area contributed by atoms with Crippen molar-refractivity contribution in [2.24, 2.45) is 5.92 Å². The molecule has 170 valence electrons. The van der Waals surface area contributed by atoms with Crippen LogP contribution in [-0.4, -0.2) is 26.4 Å². The lowest BCUT2D eigenvalue weighted by Crippen LogP contribution is -2.15. The van der Waals surface area contributed by atoms with E-state index in [1.807, 2.05) is 4.57 Å². The number of thioether (sulfide) groups is 1. The average molecular weight is 482 g/mol. The van der Waals surface area contributed by atoms with Gasteiger partial charge in [0.1, 0.15) is 16.9 Å². The van der Waals surface area contributed by atoms with Crippen molar-refractivity contribution < 1.29 is 9.18 Å². The molecule has 0 saturated carbocycles. The first kappa shape index (κ1) is 23.2. The molecule has 0 saturated heterocycles. The Morgan fingerprint density at radius 3 is 2.91 bits per heavy atom. The fourth-order valence-corrected chi connectivity index (χ4v) is 6.08.